The van der Waals surface area contributed by atoms with Crippen molar-refractivity contribution in [2.24, 2.45) is 5.73 Å². The summed E-state index contributed by atoms with van der Waals surface area (Å²) in [5.74, 6) is 0.161. The number of nitrogens with two attached hydrogens (primary N) is 1. The van der Waals surface area contributed by atoms with Gasteiger partial charge in [0, 0.05) is 5.69 Å². The molecule has 0 atom stereocenters. The first kappa shape index (κ1) is 11.1. The van der Waals surface area contributed by atoms with Crippen LogP contribution in [-0.2, 0) is 17.6 Å². The lowest BCUT2D eigenvalue weighted by Gasteiger charge is -2.16. The highest BCUT2D eigenvalue weighted by Crippen LogP contribution is 2.29. The van der Waals surface area contributed by atoms with Gasteiger partial charge in [-0.3, -0.25) is 9.69 Å². The van der Waals surface area contributed by atoms with Crippen molar-refractivity contribution in [1.29, 1.82) is 0 Å². The number of benzene rings is 1. The Morgan fingerprint density at radius 2 is 2.31 bits per heavy atom. The molecule has 86 valence electrons. The molecule has 1 aliphatic heterocycles. The molecule has 4 nitrogen and oxygen atoms in total. The Labute approximate surface area is 95.4 Å². The molecular formula is C12H17N3O. The van der Waals surface area contributed by atoms with E-state index in [1.54, 1.807) is 4.90 Å². The lowest BCUT2D eigenvalue weighted by molar-refractivity contribution is -0.117. The van der Waals surface area contributed by atoms with Gasteiger partial charge in [-0.2, -0.15) is 0 Å². The van der Waals surface area contributed by atoms with Crippen LogP contribution in [0.15, 0.2) is 18.2 Å². The van der Waals surface area contributed by atoms with E-state index >= 15 is 0 Å². The predicted molar refractivity (Wildman–Crippen MR) is 64.3 cm³/mol. The van der Waals surface area contributed by atoms with Crippen molar-refractivity contribution in [2.45, 2.75) is 12.8 Å². The van der Waals surface area contributed by atoms with Crippen molar-refractivity contribution in [3.05, 3.63) is 29.3 Å². The van der Waals surface area contributed by atoms with Crippen molar-refractivity contribution in [2.75, 3.05) is 25.2 Å². The average molecular weight is 219 g/mol. The first-order chi connectivity index (χ1) is 7.76. The fraction of sp³-hybridized carbons (Fsp3) is 0.417. The van der Waals surface area contributed by atoms with Gasteiger partial charge in [0.25, 0.3) is 0 Å². The number of amides is 1. The molecule has 0 aromatic heterocycles. The molecule has 4 heteroatoms. The number of rotatable bonds is 4. The number of fused-ring (bicyclic) bond motifs is 1. The summed E-state index contributed by atoms with van der Waals surface area (Å²) in [6.07, 6.45) is 1.38. The predicted octanol–water partition coefficient (Wildman–Crippen LogP) is 0.254. The van der Waals surface area contributed by atoms with Gasteiger partial charge in [0.2, 0.25) is 5.91 Å². The molecule has 3 N–H and O–H groups in total. The average Bonchev–Trinajstić information content (AvgIpc) is 2.56. The Bertz CT molecular complexity index is 403. The van der Waals surface area contributed by atoms with Gasteiger partial charge in [0.15, 0.2) is 0 Å². The van der Waals surface area contributed by atoms with Gasteiger partial charge < -0.3 is 11.1 Å². The number of carbonyl (C=O) groups excluding carboxylic acids is 1. The van der Waals surface area contributed by atoms with Gasteiger partial charge in [-0.1, -0.05) is 12.1 Å². The van der Waals surface area contributed by atoms with Crippen LogP contribution in [0.5, 0.6) is 0 Å². The van der Waals surface area contributed by atoms with Crippen LogP contribution in [0.2, 0.25) is 0 Å². The van der Waals surface area contributed by atoms with E-state index in [2.05, 4.69) is 11.4 Å². The molecule has 0 aliphatic carbocycles. The van der Waals surface area contributed by atoms with E-state index in [1.807, 2.05) is 19.2 Å². The number of hydrogen-bond acceptors (Lipinski definition) is 3. The van der Waals surface area contributed by atoms with E-state index < -0.39 is 0 Å². The lowest BCUT2D eigenvalue weighted by atomic mass is 10.1. The van der Waals surface area contributed by atoms with Gasteiger partial charge in [-0.25, -0.2) is 0 Å². The lowest BCUT2D eigenvalue weighted by Crippen LogP contribution is -2.34. The Balaban J connectivity index is 2.27. The molecule has 1 aromatic rings. The van der Waals surface area contributed by atoms with Gasteiger partial charge in [-0.05, 0) is 37.2 Å². The van der Waals surface area contributed by atoms with Crippen LogP contribution in [0.3, 0.4) is 0 Å². The number of nitrogens with one attached hydrogen (secondary N) is 1. The summed E-state index contributed by atoms with van der Waals surface area (Å²) in [4.78, 5) is 13.5. The number of anilines is 1. The first-order valence-electron chi connectivity index (χ1n) is 5.53. The Kier molecular flexibility index (Phi) is 3.22. The molecule has 1 heterocycles. The summed E-state index contributed by atoms with van der Waals surface area (Å²) in [7, 11) is 1.84. The van der Waals surface area contributed by atoms with Gasteiger partial charge in [0.05, 0.1) is 13.1 Å². The van der Waals surface area contributed by atoms with Crippen molar-refractivity contribution >= 4 is 11.6 Å². The highest BCUT2D eigenvalue weighted by molar-refractivity contribution is 6.01. The largest absolute Gasteiger partial charge is 0.330 e. The standard InChI is InChI=1S/C12H17N3O/c1-14-8-15-11-3-2-9(4-5-13)6-10(11)7-12(15)16/h2-3,6,14H,4-5,7-8,13H2,1H3. The Morgan fingerprint density at radius 3 is 3.00 bits per heavy atom. The number of hydrogen-bond donors (Lipinski definition) is 2. The van der Waals surface area contributed by atoms with E-state index in [4.69, 9.17) is 5.73 Å². The van der Waals surface area contributed by atoms with Crippen molar-refractivity contribution < 1.29 is 4.79 Å². The highest BCUT2D eigenvalue weighted by Gasteiger charge is 2.26. The van der Waals surface area contributed by atoms with Crippen molar-refractivity contribution in [3.63, 3.8) is 0 Å². The molecule has 0 radical (unpaired) electrons. The molecule has 16 heavy (non-hydrogen) atoms. The minimum absolute atomic E-state index is 0.161. The van der Waals surface area contributed by atoms with E-state index in [9.17, 15) is 4.79 Å². The highest BCUT2D eigenvalue weighted by atomic mass is 16.2. The van der Waals surface area contributed by atoms with Crippen LogP contribution < -0.4 is 16.0 Å². The topological polar surface area (TPSA) is 58.4 Å². The van der Waals surface area contributed by atoms with Gasteiger partial charge in [0.1, 0.15) is 0 Å². The summed E-state index contributed by atoms with van der Waals surface area (Å²) < 4.78 is 0. The first-order valence-corrected chi connectivity index (χ1v) is 5.53. The summed E-state index contributed by atoms with van der Waals surface area (Å²) in [6, 6.07) is 6.16. The quantitative estimate of drug-likeness (QED) is 0.763. The maximum absolute atomic E-state index is 11.8. The van der Waals surface area contributed by atoms with Crippen LogP contribution in [0, 0.1) is 0 Å². The van der Waals surface area contributed by atoms with E-state index in [0.717, 1.165) is 17.7 Å². The Morgan fingerprint density at radius 1 is 1.50 bits per heavy atom. The zero-order valence-corrected chi connectivity index (χ0v) is 9.49. The molecule has 0 bridgehead atoms. The molecule has 2 rings (SSSR count). The summed E-state index contributed by atoms with van der Waals surface area (Å²) in [5.41, 5.74) is 8.87. The van der Waals surface area contributed by atoms with Gasteiger partial charge in [-0.15, -0.1) is 0 Å². The molecule has 1 amide bonds. The monoisotopic (exact) mass is 219 g/mol. The molecule has 0 fully saturated rings. The summed E-state index contributed by atoms with van der Waals surface area (Å²) in [6.45, 7) is 1.22. The Hall–Kier alpha value is -1.39. The number of carbonyl (C=O) groups is 1. The summed E-state index contributed by atoms with van der Waals surface area (Å²) >= 11 is 0. The van der Waals surface area contributed by atoms with Crippen molar-refractivity contribution in [3.8, 4) is 0 Å². The smallest absolute Gasteiger partial charge is 0.232 e. The SMILES string of the molecule is CNCN1C(=O)Cc2cc(CCN)ccc21. The number of nitrogens with zero attached hydrogens (tertiary/aromatic N) is 1. The third-order valence-corrected chi connectivity index (χ3v) is 2.83. The maximum atomic E-state index is 11.8. The molecule has 0 saturated carbocycles. The third-order valence-electron chi connectivity index (χ3n) is 2.83. The second-order valence-corrected chi connectivity index (χ2v) is 4.01. The van der Waals surface area contributed by atoms with E-state index in [0.29, 0.717) is 19.6 Å². The normalized spacial score (nSPS) is 14.4. The second-order valence-electron chi connectivity index (χ2n) is 4.01. The minimum Gasteiger partial charge on any atom is -0.330 e. The fourth-order valence-corrected chi connectivity index (χ4v) is 2.09. The molecular weight excluding hydrogens is 202 g/mol. The molecule has 0 unspecified atom stereocenters. The maximum Gasteiger partial charge on any atom is 0.232 e. The zero-order chi connectivity index (χ0) is 11.5. The van der Waals surface area contributed by atoms with Crippen molar-refractivity contribution in [1.82, 2.24) is 5.32 Å². The molecule has 0 saturated heterocycles. The molecule has 1 aromatic carbocycles. The van der Waals surface area contributed by atoms with Crippen LogP contribution in [0.1, 0.15) is 11.1 Å². The van der Waals surface area contributed by atoms with Crippen LogP contribution >= 0.6 is 0 Å². The molecule has 0 spiro atoms. The third kappa shape index (κ3) is 1.94. The van der Waals surface area contributed by atoms with E-state index in [-0.39, 0.29) is 5.91 Å². The zero-order valence-electron chi connectivity index (χ0n) is 9.49. The summed E-state index contributed by atoms with van der Waals surface area (Å²) in [5, 5.41) is 3.01. The van der Waals surface area contributed by atoms with Crippen LogP contribution in [-0.4, -0.2) is 26.2 Å². The van der Waals surface area contributed by atoms with Crippen LogP contribution in [0.25, 0.3) is 0 Å². The second kappa shape index (κ2) is 4.63. The minimum atomic E-state index is 0.161. The van der Waals surface area contributed by atoms with Crippen LogP contribution in [0.4, 0.5) is 5.69 Å². The fourth-order valence-electron chi connectivity index (χ4n) is 2.09. The molecule has 1 aliphatic rings. The van der Waals surface area contributed by atoms with E-state index in [1.165, 1.54) is 5.56 Å². The van der Waals surface area contributed by atoms with Gasteiger partial charge >= 0.3 is 0 Å².